The summed E-state index contributed by atoms with van der Waals surface area (Å²) < 4.78 is 78.5. The normalized spacial score (nSPS) is 18.1. The molecule has 61 heavy (non-hydrogen) atoms. The minimum absolute atomic E-state index is 0.00214. The Bertz CT molecular complexity index is 2190. The van der Waals surface area contributed by atoms with Crippen molar-refractivity contribution in [1.82, 2.24) is 0 Å². The molecule has 1 aliphatic rings. The maximum absolute atomic E-state index is 14.1. The van der Waals surface area contributed by atoms with Gasteiger partial charge in [-0.2, -0.15) is 0 Å². The number of benzene rings is 4. The molecule has 18 nitrogen and oxygen atoms in total. The molecule has 5 atom stereocenters. The number of carbonyl (C=O) groups is 4. The number of hydrogen-bond acceptors (Lipinski definition) is 18. The van der Waals surface area contributed by atoms with Gasteiger partial charge < -0.3 is 66.3 Å². The lowest BCUT2D eigenvalue weighted by Crippen LogP contribution is -2.63. The van der Waals surface area contributed by atoms with Crippen molar-refractivity contribution in [3.63, 3.8) is 0 Å². The van der Waals surface area contributed by atoms with E-state index in [2.05, 4.69) is 0 Å². The van der Waals surface area contributed by atoms with Crippen molar-refractivity contribution < 1.29 is 85.5 Å². The molecule has 1 fully saturated rings. The summed E-state index contributed by atoms with van der Waals surface area (Å²) in [5, 5.41) is 0. The van der Waals surface area contributed by atoms with E-state index in [-0.39, 0.29) is 45.3 Å². The quantitative estimate of drug-likeness (QED) is 0.0961. The molecule has 0 aliphatic carbocycles. The number of esters is 4. The molecule has 326 valence electrons. The van der Waals surface area contributed by atoms with Crippen LogP contribution >= 0.6 is 0 Å². The molecule has 4 aromatic carbocycles. The van der Waals surface area contributed by atoms with E-state index >= 15 is 0 Å². The second-order valence-electron chi connectivity index (χ2n) is 12.8. The van der Waals surface area contributed by atoms with Gasteiger partial charge in [-0.25, -0.2) is 19.2 Å². The van der Waals surface area contributed by atoms with E-state index in [1.54, 1.807) is 0 Å². The molecular weight excluding hydrogens is 804 g/mol. The molecule has 0 unspecified atom stereocenters. The summed E-state index contributed by atoms with van der Waals surface area (Å²) >= 11 is 0. The first-order valence-corrected chi connectivity index (χ1v) is 18.3. The van der Waals surface area contributed by atoms with Crippen molar-refractivity contribution in [3.8, 4) is 46.0 Å². The van der Waals surface area contributed by atoms with Gasteiger partial charge in [0.15, 0.2) is 70.6 Å². The van der Waals surface area contributed by atoms with E-state index in [9.17, 15) is 19.2 Å². The third-order valence-corrected chi connectivity index (χ3v) is 9.41. The van der Waals surface area contributed by atoms with Crippen molar-refractivity contribution in [2.24, 2.45) is 0 Å². The van der Waals surface area contributed by atoms with Crippen LogP contribution in [0.25, 0.3) is 0 Å². The first-order valence-electron chi connectivity index (χ1n) is 18.3. The third-order valence-electron chi connectivity index (χ3n) is 9.41. The molecule has 0 amide bonds. The van der Waals surface area contributed by atoms with E-state index in [1.807, 2.05) is 0 Å². The Morgan fingerprint density at radius 2 is 0.721 bits per heavy atom. The first-order chi connectivity index (χ1) is 29.5. The van der Waals surface area contributed by atoms with Gasteiger partial charge >= 0.3 is 23.9 Å². The molecule has 18 heteroatoms. The van der Waals surface area contributed by atoms with Crippen LogP contribution in [-0.2, 0) is 28.4 Å². The fourth-order valence-electron chi connectivity index (χ4n) is 6.27. The van der Waals surface area contributed by atoms with Gasteiger partial charge in [0.1, 0.15) is 12.7 Å². The largest absolute Gasteiger partial charge is 0.493 e. The van der Waals surface area contributed by atoms with Crippen molar-refractivity contribution in [1.29, 1.82) is 0 Å². The van der Waals surface area contributed by atoms with Crippen molar-refractivity contribution in [2.45, 2.75) is 30.7 Å². The van der Waals surface area contributed by atoms with E-state index in [0.717, 1.165) is 0 Å². The lowest BCUT2D eigenvalue weighted by atomic mass is 9.97. The van der Waals surface area contributed by atoms with Crippen LogP contribution in [0.4, 0.5) is 0 Å². The van der Waals surface area contributed by atoms with Gasteiger partial charge in [0.05, 0.1) is 79.1 Å². The fourth-order valence-corrected chi connectivity index (χ4v) is 6.27. The SMILES string of the molecule is COc1ccc(C(=O)OC[C@H]2O[C@H](OC)[C@H](OC(=O)c3ccc(OC)c(OC)c3)[C@@H](OC(=O)c3ccc(OC)c(OC)c3)[C@@H]2OC(=O)c2ccc(OC)c(OC)c2)cc1OC. The van der Waals surface area contributed by atoms with Gasteiger partial charge in [0, 0.05) is 7.11 Å². The Morgan fingerprint density at radius 1 is 0.410 bits per heavy atom. The van der Waals surface area contributed by atoms with Crippen LogP contribution in [0.15, 0.2) is 72.8 Å². The standard InChI is InChI=1S/C43H46O18/c1-48-27-14-10-23(18-31(27)52-5)39(44)57-22-35-36(59-40(45)24-11-15-28(49-2)32(19-24)53-6)37(60-41(46)25-12-16-29(50-3)33(20-25)54-7)38(43(56-9)58-35)61-42(47)26-13-17-30(51-4)34(21-26)55-8/h10-21,35-38,43H,22H2,1-9H3/t35-,36-,37+,38-,43+/m1/s1. The molecule has 0 bridgehead atoms. The Kier molecular flexibility index (Phi) is 15.4. The van der Waals surface area contributed by atoms with E-state index in [4.69, 9.17) is 66.3 Å². The number of hydrogen-bond donors (Lipinski definition) is 0. The monoisotopic (exact) mass is 850 g/mol. The molecule has 1 saturated heterocycles. The van der Waals surface area contributed by atoms with Crippen molar-refractivity contribution in [2.75, 3.05) is 70.6 Å². The molecule has 1 aliphatic heterocycles. The predicted octanol–water partition coefficient (Wildman–Crippen LogP) is 4.96. The highest BCUT2D eigenvalue weighted by atomic mass is 16.7. The van der Waals surface area contributed by atoms with Gasteiger partial charge in [-0.05, 0) is 72.8 Å². The van der Waals surface area contributed by atoms with Crippen molar-refractivity contribution in [3.05, 3.63) is 95.1 Å². The van der Waals surface area contributed by atoms with Crippen LogP contribution in [0.3, 0.4) is 0 Å². The van der Waals surface area contributed by atoms with Crippen LogP contribution in [0, 0.1) is 0 Å². The highest BCUT2D eigenvalue weighted by molar-refractivity contribution is 5.93. The molecule has 0 radical (unpaired) electrons. The van der Waals surface area contributed by atoms with Crippen LogP contribution in [-0.4, -0.2) is 125 Å². The molecule has 4 aromatic rings. The maximum atomic E-state index is 14.1. The Balaban J connectivity index is 1.59. The number of carbonyl (C=O) groups excluding carboxylic acids is 4. The lowest BCUT2D eigenvalue weighted by molar-refractivity contribution is -0.291. The highest BCUT2D eigenvalue weighted by Gasteiger charge is 2.53. The fraction of sp³-hybridized carbons (Fsp3) is 0.349. The number of rotatable bonds is 18. The Labute approximate surface area is 351 Å². The summed E-state index contributed by atoms with van der Waals surface area (Å²) in [5.41, 5.74) is 0.0389. The van der Waals surface area contributed by atoms with Crippen LogP contribution < -0.4 is 37.9 Å². The molecule has 0 N–H and O–H groups in total. The van der Waals surface area contributed by atoms with Gasteiger partial charge in [-0.1, -0.05) is 0 Å². The topological polar surface area (TPSA) is 197 Å². The summed E-state index contributed by atoms with van der Waals surface area (Å²) in [7, 11) is 12.5. The summed E-state index contributed by atoms with van der Waals surface area (Å²) in [4.78, 5) is 55.6. The van der Waals surface area contributed by atoms with E-state index in [1.165, 1.54) is 137 Å². The van der Waals surface area contributed by atoms with Gasteiger partial charge in [0.2, 0.25) is 0 Å². The van der Waals surface area contributed by atoms with Crippen LogP contribution in [0.1, 0.15) is 41.4 Å². The number of methoxy groups -OCH3 is 9. The Hall–Kier alpha value is -6.92. The first kappa shape index (κ1) is 45.2. The average molecular weight is 851 g/mol. The summed E-state index contributed by atoms with van der Waals surface area (Å²) in [5.74, 6) is -1.46. The van der Waals surface area contributed by atoms with E-state index < -0.39 is 61.2 Å². The van der Waals surface area contributed by atoms with E-state index in [0.29, 0.717) is 23.0 Å². The molecule has 0 saturated carbocycles. The zero-order valence-corrected chi connectivity index (χ0v) is 34.9. The summed E-state index contributed by atoms with van der Waals surface area (Å²) in [6, 6.07) is 17.2. The predicted molar refractivity (Wildman–Crippen MR) is 212 cm³/mol. The summed E-state index contributed by atoms with van der Waals surface area (Å²) in [6.45, 7) is -0.600. The molecular formula is C43H46O18. The second kappa shape index (κ2) is 20.9. The molecule has 0 aromatic heterocycles. The molecule has 0 spiro atoms. The highest BCUT2D eigenvalue weighted by Crippen LogP contribution is 2.35. The third kappa shape index (κ3) is 10.3. The second-order valence-corrected chi connectivity index (χ2v) is 12.8. The summed E-state index contributed by atoms with van der Waals surface area (Å²) in [6.07, 6.45) is -7.91. The van der Waals surface area contributed by atoms with Gasteiger partial charge in [-0.15, -0.1) is 0 Å². The average Bonchev–Trinajstić information content (AvgIpc) is 3.30. The lowest BCUT2D eigenvalue weighted by Gasteiger charge is -2.44. The molecule has 1 heterocycles. The van der Waals surface area contributed by atoms with Crippen LogP contribution in [0.2, 0.25) is 0 Å². The van der Waals surface area contributed by atoms with Gasteiger partial charge in [-0.3, -0.25) is 0 Å². The minimum Gasteiger partial charge on any atom is -0.493 e. The van der Waals surface area contributed by atoms with Crippen molar-refractivity contribution >= 4 is 23.9 Å². The maximum Gasteiger partial charge on any atom is 0.338 e. The minimum atomic E-state index is -1.70. The zero-order chi connectivity index (χ0) is 44.2. The number of ether oxygens (including phenoxy) is 14. The Morgan fingerprint density at radius 3 is 1.05 bits per heavy atom. The van der Waals surface area contributed by atoms with Gasteiger partial charge in [0.25, 0.3) is 0 Å². The zero-order valence-electron chi connectivity index (χ0n) is 34.9. The molecule has 5 rings (SSSR count). The van der Waals surface area contributed by atoms with Crippen LogP contribution in [0.5, 0.6) is 46.0 Å². The smallest absolute Gasteiger partial charge is 0.338 e.